The first kappa shape index (κ1) is 33.8. The summed E-state index contributed by atoms with van der Waals surface area (Å²) in [6, 6.07) is 80.0. The average molecular weight is 720 g/mol. The smallest absolute Gasteiger partial charge is 0.179 e. The van der Waals surface area contributed by atoms with Crippen LogP contribution in [0.25, 0.3) is 56.4 Å². The number of hydrogen-bond acceptors (Lipinski definition) is 3. The number of nitrogens with zero attached hydrogens (tertiary/aromatic N) is 3. The Balaban J connectivity index is 1.14. The molecule has 0 radical (unpaired) electrons. The third-order valence-corrected chi connectivity index (χ3v) is 15.0. The van der Waals surface area contributed by atoms with Crippen molar-refractivity contribution in [3.8, 4) is 56.4 Å². The molecule has 260 valence electrons. The highest BCUT2D eigenvalue weighted by atomic mass is 28.3. The third kappa shape index (κ3) is 6.72. The molecule has 0 unspecified atom stereocenters. The first-order valence-corrected chi connectivity index (χ1v) is 20.6. The second-order valence-electron chi connectivity index (χ2n) is 13.6. The lowest BCUT2D eigenvalue weighted by molar-refractivity contribution is 1.07. The normalized spacial score (nSPS) is 11.3. The van der Waals surface area contributed by atoms with E-state index in [0.29, 0.717) is 17.5 Å². The lowest BCUT2D eigenvalue weighted by Crippen LogP contribution is -2.74. The van der Waals surface area contributed by atoms with Gasteiger partial charge in [-0.05, 0) is 55.1 Å². The van der Waals surface area contributed by atoms with E-state index in [-0.39, 0.29) is 0 Å². The molecule has 9 rings (SSSR count). The van der Waals surface area contributed by atoms with Crippen molar-refractivity contribution in [2.45, 2.75) is 0 Å². The van der Waals surface area contributed by atoms with Crippen molar-refractivity contribution < 1.29 is 0 Å². The zero-order chi connectivity index (χ0) is 36.9. The quantitative estimate of drug-likeness (QED) is 0.110. The molecule has 8 aromatic carbocycles. The van der Waals surface area contributed by atoms with Crippen LogP contribution in [0, 0.1) is 0 Å². The average Bonchev–Trinajstić information content (AvgIpc) is 3.28. The molecule has 0 saturated carbocycles. The highest BCUT2D eigenvalue weighted by Gasteiger charge is 2.41. The van der Waals surface area contributed by atoms with Gasteiger partial charge in [0, 0.05) is 16.7 Å². The maximum Gasteiger partial charge on any atom is 0.179 e. The molecule has 4 heteroatoms. The number of rotatable bonds is 9. The Bertz CT molecular complexity index is 2530. The van der Waals surface area contributed by atoms with Crippen LogP contribution in [-0.2, 0) is 0 Å². The van der Waals surface area contributed by atoms with Crippen LogP contribution in [0.3, 0.4) is 0 Å². The molecular formula is C51H37N3Si. The standard InChI is InChI=1S/C51H37N3Si/c1-6-19-38(20-7-1)49-52-50(39-21-8-2-9-22-39)54-51(53-49)44-27-17-25-42(36-44)40-23-16-24-41(35-40)43-26-18-34-48(37-43)55(45-28-10-3-11-29-45,46-30-12-4-13-31-46)47-32-14-5-15-33-47/h1-37H. The molecule has 3 nitrogen and oxygen atoms in total. The van der Waals surface area contributed by atoms with E-state index >= 15 is 0 Å². The van der Waals surface area contributed by atoms with E-state index in [2.05, 4.69) is 164 Å². The zero-order valence-corrected chi connectivity index (χ0v) is 31.2. The Kier molecular flexibility index (Phi) is 9.31. The van der Waals surface area contributed by atoms with Crippen molar-refractivity contribution in [3.63, 3.8) is 0 Å². The van der Waals surface area contributed by atoms with Crippen LogP contribution in [0.1, 0.15) is 0 Å². The second kappa shape index (κ2) is 15.2. The third-order valence-electron chi connectivity index (χ3n) is 10.3. The van der Waals surface area contributed by atoms with Crippen molar-refractivity contribution in [1.82, 2.24) is 15.0 Å². The zero-order valence-electron chi connectivity index (χ0n) is 30.2. The van der Waals surface area contributed by atoms with Gasteiger partial charge >= 0.3 is 0 Å². The van der Waals surface area contributed by atoms with E-state index in [0.717, 1.165) is 27.8 Å². The van der Waals surface area contributed by atoms with E-state index in [1.807, 2.05) is 60.7 Å². The molecule has 0 aliphatic carbocycles. The predicted molar refractivity (Wildman–Crippen MR) is 231 cm³/mol. The second-order valence-corrected chi connectivity index (χ2v) is 17.4. The molecule has 0 saturated heterocycles. The van der Waals surface area contributed by atoms with Gasteiger partial charge in [0.15, 0.2) is 25.5 Å². The first-order valence-electron chi connectivity index (χ1n) is 18.6. The molecule has 0 aliphatic rings. The fraction of sp³-hybridized carbons (Fsp3) is 0. The maximum atomic E-state index is 4.99. The van der Waals surface area contributed by atoms with Gasteiger partial charge in [0.05, 0.1) is 0 Å². The largest absolute Gasteiger partial charge is 0.208 e. The maximum absolute atomic E-state index is 4.99. The summed E-state index contributed by atoms with van der Waals surface area (Å²) >= 11 is 0. The van der Waals surface area contributed by atoms with Gasteiger partial charge in [-0.15, -0.1) is 0 Å². The van der Waals surface area contributed by atoms with Gasteiger partial charge in [-0.2, -0.15) is 0 Å². The van der Waals surface area contributed by atoms with Crippen LogP contribution in [0.15, 0.2) is 224 Å². The van der Waals surface area contributed by atoms with Crippen molar-refractivity contribution in [3.05, 3.63) is 224 Å². The topological polar surface area (TPSA) is 38.7 Å². The molecule has 1 heterocycles. The number of aromatic nitrogens is 3. The van der Waals surface area contributed by atoms with Gasteiger partial charge in [-0.3, -0.25) is 0 Å². The molecule has 55 heavy (non-hydrogen) atoms. The SMILES string of the molecule is c1ccc(-c2nc(-c3ccccc3)nc(-c3cccc(-c4cccc(-c5cccc([Si](c6ccccc6)(c6ccccc6)c6ccccc6)c5)c4)c3)n2)cc1. The molecule has 1 aromatic heterocycles. The van der Waals surface area contributed by atoms with Gasteiger partial charge in [0.25, 0.3) is 0 Å². The van der Waals surface area contributed by atoms with E-state index in [4.69, 9.17) is 15.0 Å². The highest BCUT2D eigenvalue weighted by Crippen LogP contribution is 2.30. The first-order chi connectivity index (χ1) is 27.3. The van der Waals surface area contributed by atoms with Crippen molar-refractivity contribution in [2.75, 3.05) is 0 Å². The molecule has 0 atom stereocenters. The van der Waals surface area contributed by atoms with Gasteiger partial charge < -0.3 is 0 Å². The summed E-state index contributed by atoms with van der Waals surface area (Å²) in [5, 5.41) is 5.43. The minimum absolute atomic E-state index is 0.641. The summed E-state index contributed by atoms with van der Waals surface area (Å²) < 4.78 is 0. The fourth-order valence-electron chi connectivity index (χ4n) is 7.65. The van der Waals surface area contributed by atoms with Crippen molar-refractivity contribution in [2.24, 2.45) is 0 Å². The van der Waals surface area contributed by atoms with Gasteiger partial charge in [-0.1, -0.05) is 212 Å². The summed E-state index contributed by atoms with van der Waals surface area (Å²) in [4.78, 5) is 14.9. The Morgan fingerprint density at radius 2 is 0.491 bits per heavy atom. The molecule has 0 bridgehead atoms. The number of benzene rings is 8. The summed E-state index contributed by atoms with van der Waals surface area (Å²) in [5.41, 5.74) is 7.42. The number of hydrogen-bond donors (Lipinski definition) is 0. The molecule has 0 amide bonds. The van der Waals surface area contributed by atoms with Gasteiger partial charge in [0.1, 0.15) is 0 Å². The van der Waals surface area contributed by atoms with E-state index in [1.165, 1.54) is 31.9 Å². The van der Waals surface area contributed by atoms with Crippen LogP contribution in [0.4, 0.5) is 0 Å². The minimum atomic E-state index is -2.66. The molecule has 0 spiro atoms. The van der Waals surface area contributed by atoms with Crippen molar-refractivity contribution >= 4 is 28.8 Å². The van der Waals surface area contributed by atoms with Crippen LogP contribution >= 0.6 is 0 Å². The molecular weight excluding hydrogens is 683 g/mol. The van der Waals surface area contributed by atoms with Crippen molar-refractivity contribution in [1.29, 1.82) is 0 Å². The summed E-state index contributed by atoms with van der Waals surface area (Å²) in [7, 11) is -2.66. The molecule has 9 aromatic rings. The molecule has 0 fully saturated rings. The van der Waals surface area contributed by atoms with Crippen LogP contribution < -0.4 is 20.7 Å². The lowest BCUT2D eigenvalue weighted by Gasteiger charge is -2.34. The van der Waals surface area contributed by atoms with E-state index < -0.39 is 8.07 Å². The van der Waals surface area contributed by atoms with Crippen LogP contribution in [0.5, 0.6) is 0 Å². The summed E-state index contributed by atoms with van der Waals surface area (Å²) in [5.74, 6) is 1.94. The van der Waals surface area contributed by atoms with Gasteiger partial charge in [-0.25, -0.2) is 15.0 Å². The monoisotopic (exact) mass is 719 g/mol. The van der Waals surface area contributed by atoms with E-state index in [1.54, 1.807) is 0 Å². The predicted octanol–water partition coefficient (Wildman–Crippen LogP) is 9.58. The summed E-state index contributed by atoms with van der Waals surface area (Å²) in [6.07, 6.45) is 0. The fourth-order valence-corrected chi connectivity index (χ4v) is 12.4. The van der Waals surface area contributed by atoms with Gasteiger partial charge in [0.2, 0.25) is 0 Å². The Morgan fingerprint density at radius 3 is 0.909 bits per heavy atom. The highest BCUT2D eigenvalue weighted by molar-refractivity contribution is 7.19. The van der Waals surface area contributed by atoms with Crippen LogP contribution in [0.2, 0.25) is 0 Å². The molecule has 0 aliphatic heterocycles. The van der Waals surface area contributed by atoms with E-state index in [9.17, 15) is 0 Å². The minimum Gasteiger partial charge on any atom is -0.208 e. The summed E-state index contributed by atoms with van der Waals surface area (Å²) in [6.45, 7) is 0. The van der Waals surface area contributed by atoms with Crippen LogP contribution in [-0.4, -0.2) is 23.0 Å². The molecule has 0 N–H and O–H groups in total. The lowest BCUT2D eigenvalue weighted by atomic mass is 9.98. The Hall–Kier alpha value is -7.01. The Morgan fingerprint density at radius 1 is 0.218 bits per heavy atom. The Labute approximate surface area is 323 Å².